The lowest BCUT2D eigenvalue weighted by molar-refractivity contribution is -0.977. The van der Waals surface area contributed by atoms with E-state index in [0.29, 0.717) is 23.3 Å². The molecular weight excluding hydrogens is 372 g/mol. The summed E-state index contributed by atoms with van der Waals surface area (Å²) >= 11 is 0. The van der Waals surface area contributed by atoms with Gasteiger partial charge in [-0.3, -0.25) is 4.98 Å². The molecule has 0 aromatic carbocycles. The maximum absolute atomic E-state index is 10.9. The van der Waals surface area contributed by atoms with Gasteiger partial charge >= 0.3 is 0 Å². The van der Waals surface area contributed by atoms with Crippen molar-refractivity contribution in [2.45, 2.75) is 51.3 Å². The van der Waals surface area contributed by atoms with Crippen molar-refractivity contribution < 1.29 is 24.2 Å². The van der Waals surface area contributed by atoms with Gasteiger partial charge in [-0.1, -0.05) is 0 Å². The number of aliphatic hydroxyl groups excluding tert-OH is 1. The van der Waals surface area contributed by atoms with Crippen molar-refractivity contribution in [2.75, 3.05) is 26.7 Å². The van der Waals surface area contributed by atoms with Crippen molar-refractivity contribution in [3.8, 4) is 5.88 Å². The number of aromatic nitrogens is 2. The molecule has 2 aromatic rings. The average Bonchev–Trinajstić information content (AvgIpc) is 2.66. The molecule has 3 rings (SSSR count). The summed E-state index contributed by atoms with van der Waals surface area (Å²) in [5.41, 5.74) is 2.62. The van der Waals surface area contributed by atoms with Crippen LogP contribution in [0.1, 0.15) is 32.8 Å². The van der Waals surface area contributed by atoms with E-state index in [2.05, 4.69) is 36.1 Å². The molecule has 158 valence electrons. The highest BCUT2D eigenvalue weighted by Gasteiger charge is 2.46. The van der Waals surface area contributed by atoms with Gasteiger partial charge in [0.1, 0.15) is 18.7 Å². The molecule has 1 amide bonds. The van der Waals surface area contributed by atoms with Gasteiger partial charge in [-0.05, 0) is 38.5 Å². The Hall–Kier alpha value is -2.45. The normalized spacial score (nSPS) is 25.0. The Morgan fingerprint density at radius 3 is 2.76 bits per heavy atom. The van der Waals surface area contributed by atoms with Crippen molar-refractivity contribution in [1.29, 1.82) is 0 Å². The second kappa shape index (κ2) is 8.12. The molecule has 3 atom stereocenters. The first-order chi connectivity index (χ1) is 13.6. The fourth-order valence-corrected chi connectivity index (χ4v) is 4.33. The smallest absolute Gasteiger partial charge is 0.213 e. The Labute approximate surface area is 171 Å². The molecule has 1 unspecified atom stereocenters. The summed E-state index contributed by atoms with van der Waals surface area (Å²) in [6, 6.07) is 5.20. The highest BCUT2D eigenvalue weighted by atomic mass is 16.5. The first kappa shape index (κ1) is 21.3. The summed E-state index contributed by atoms with van der Waals surface area (Å²) in [4.78, 5) is 19.9. The number of nitrogens with zero attached hydrogens (tertiary/aromatic N) is 3. The third-order valence-corrected chi connectivity index (χ3v) is 6.26. The van der Waals surface area contributed by atoms with Gasteiger partial charge in [0.05, 0.1) is 42.8 Å². The number of carboxylic acid groups (broad SMARTS) is 1. The number of carbonyl (C=O) groups excluding carboxylic acids is 1. The number of amides is 1. The van der Waals surface area contributed by atoms with Crippen LogP contribution in [-0.2, 0) is 6.42 Å². The van der Waals surface area contributed by atoms with E-state index in [4.69, 9.17) is 4.74 Å². The monoisotopic (exact) mass is 402 g/mol. The van der Waals surface area contributed by atoms with Crippen LogP contribution in [0.15, 0.2) is 24.4 Å². The largest absolute Gasteiger partial charge is 0.530 e. The lowest BCUT2D eigenvalue weighted by Crippen LogP contribution is -2.70. The predicted molar refractivity (Wildman–Crippen MR) is 107 cm³/mol. The average molecular weight is 402 g/mol. The number of likely N-dealkylation sites (tertiary alicyclic amines) is 1. The number of carbonyl (C=O) groups is 1. The van der Waals surface area contributed by atoms with Gasteiger partial charge in [0.15, 0.2) is 0 Å². The van der Waals surface area contributed by atoms with Gasteiger partial charge in [-0.25, -0.2) is 4.98 Å². The fourth-order valence-electron chi connectivity index (χ4n) is 4.33. The molecule has 1 fully saturated rings. The van der Waals surface area contributed by atoms with Gasteiger partial charge < -0.3 is 29.5 Å². The molecule has 1 saturated heterocycles. The van der Waals surface area contributed by atoms with Gasteiger partial charge in [-0.2, -0.15) is 0 Å². The minimum atomic E-state index is -1.34. The van der Waals surface area contributed by atoms with Crippen LogP contribution in [0.4, 0.5) is 4.79 Å². The Morgan fingerprint density at radius 1 is 1.38 bits per heavy atom. The second-order valence-corrected chi connectivity index (χ2v) is 8.78. The zero-order valence-corrected chi connectivity index (χ0v) is 17.5. The van der Waals surface area contributed by atoms with E-state index in [1.807, 2.05) is 12.1 Å². The number of pyridine rings is 2. The Balaban J connectivity index is 1.84. The number of methoxy groups -OCH3 is 1. The topological polar surface area (TPSA) is 107 Å². The molecule has 8 nitrogen and oxygen atoms in total. The van der Waals surface area contributed by atoms with Crippen LogP contribution in [0.3, 0.4) is 0 Å². The van der Waals surface area contributed by atoms with E-state index in [1.54, 1.807) is 19.4 Å². The first-order valence-electron chi connectivity index (χ1n) is 9.95. The molecular formula is C21H30N4O4. The number of hydrogen-bond donors (Lipinski definition) is 2. The van der Waals surface area contributed by atoms with E-state index in [0.717, 1.165) is 36.1 Å². The summed E-state index contributed by atoms with van der Waals surface area (Å²) in [6.07, 6.45) is 1.02. The van der Waals surface area contributed by atoms with Crippen molar-refractivity contribution in [3.05, 3.63) is 30.0 Å². The summed E-state index contributed by atoms with van der Waals surface area (Å²) in [5, 5.41) is 23.9. The van der Waals surface area contributed by atoms with E-state index < -0.39 is 18.2 Å². The van der Waals surface area contributed by atoms with Gasteiger partial charge in [-0.15, -0.1) is 0 Å². The molecule has 8 heteroatoms. The van der Waals surface area contributed by atoms with E-state index in [9.17, 15) is 15.0 Å². The number of aliphatic hydroxyl groups is 1. The molecule has 0 spiro atoms. The highest BCUT2D eigenvalue weighted by Crippen LogP contribution is 2.32. The number of rotatable bonds is 5. The molecule has 0 aliphatic carbocycles. The molecule has 0 radical (unpaired) electrons. The summed E-state index contributed by atoms with van der Waals surface area (Å²) < 4.78 is 5.96. The zero-order valence-electron chi connectivity index (χ0n) is 17.5. The van der Waals surface area contributed by atoms with Crippen molar-refractivity contribution in [1.82, 2.24) is 15.3 Å². The first-order valence-corrected chi connectivity index (χ1v) is 9.95. The third kappa shape index (κ3) is 4.43. The maximum Gasteiger partial charge on any atom is 0.213 e. The van der Waals surface area contributed by atoms with Crippen LogP contribution in [0.5, 0.6) is 5.88 Å². The lowest BCUT2D eigenvalue weighted by Gasteiger charge is -2.54. The van der Waals surface area contributed by atoms with Crippen LogP contribution in [0.2, 0.25) is 0 Å². The Bertz CT molecular complexity index is 883. The molecule has 2 aromatic heterocycles. The Morgan fingerprint density at radius 2 is 2.14 bits per heavy atom. The van der Waals surface area contributed by atoms with Crippen LogP contribution in [0.25, 0.3) is 11.0 Å². The molecule has 1 aliphatic heterocycles. The molecule has 0 saturated carbocycles. The van der Waals surface area contributed by atoms with Crippen LogP contribution >= 0.6 is 0 Å². The summed E-state index contributed by atoms with van der Waals surface area (Å²) in [5.74, 6) is 0.552. The minimum Gasteiger partial charge on any atom is -0.530 e. The summed E-state index contributed by atoms with van der Waals surface area (Å²) in [6.45, 7) is 8.55. The number of hydrogen-bond acceptors (Lipinski definition) is 6. The molecule has 29 heavy (non-hydrogen) atoms. The van der Waals surface area contributed by atoms with Crippen LogP contribution in [-0.4, -0.2) is 70.1 Å². The fraction of sp³-hybridized carbons (Fsp3) is 0.571. The predicted octanol–water partition coefficient (Wildman–Crippen LogP) is 0.862. The van der Waals surface area contributed by atoms with Crippen LogP contribution in [0, 0.1) is 0 Å². The highest BCUT2D eigenvalue weighted by molar-refractivity contribution is 5.78. The van der Waals surface area contributed by atoms with Crippen molar-refractivity contribution in [2.24, 2.45) is 0 Å². The van der Waals surface area contributed by atoms with Crippen molar-refractivity contribution >= 4 is 17.1 Å². The number of fused-ring (bicyclic) bond motifs is 1. The number of ether oxygens (including phenoxy) is 1. The quantitative estimate of drug-likeness (QED) is 0.719. The van der Waals surface area contributed by atoms with Gasteiger partial charge in [0.25, 0.3) is 0 Å². The molecule has 0 bridgehead atoms. The number of piperidine rings is 1. The van der Waals surface area contributed by atoms with Gasteiger partial charge in [0, 0.05) is 25.1 Å². The standard InChI is InChI=1S/C21H30N4O4/c1-21(2,3)25(12-9-15(17(26)13-25)23-20(27)28)11-8-14-7-10-22-16-5-6-18(29-4)24-19(14)16/h5-7,10,15,17,23,26H,8-9,11-13H2,1-4H3/t15-,17-,25?/m0/s1. The Kier molecular flexibility index (Phi) is 5.95. The van der Waals surface area contributed by atoms with E-state index in [-0.39, 0.29) is 5.54 Å². The SMILES string of the molecule is COc1ccc2nccc(CC[N+]3(C(C)(C)C)CC[C@H](NC(=O)[O-])[C@@H](O)C3)c2n1. The minimum absolute atomic E-state index is 0.110. The zero-order chi connectivity index (χ0) is 21.2. The summed E-state index contributed by atoms with van der Waals surface area (Å²) in [7, 11) is 1.59. The van der Waals surface area contributed by atoms with Crippen molar-refractivity contribution in [3.63, 3.8) is 0 Å². The number of quaternary nitrogens is 1. The van der Waals surface area contributed by atoms with E-state index >= 15 is 0 Å². The van der Waals surface area contributed by atoms with Gasteiger partial charge in [0.2, 0.25) is 5.88 Å². The number of nitrogens with one attached hydrogen (secondary N) is 1. The molecule has 1 aliphatic rings. The molecule has 3 heterocycles. The maximum atomic E-state index is 10.9. The third-order valence-electron chi connectivity index (χ3n) is 6.26. The lowest BCUT2D eigenvalue weighted by atomic mass is 9.90. The van der Waals surface area contributed by atoms with E-state index in [1.165, 1.54) is 0 Å². The molecule has 2 N–H and O–H groups in total. The second-order valence-electron chi connectivity index (χ2n) is 8.78. The van der Waals surface area contributed by atoms with Crippen LogP contribution < -0.4 is 15.2 Å².